The van der Waals surface area contributed by atoms with Crippen LogP contribution >= 0.6 is 11.3 Å². The summed E-state index contributed by atoms with van der Waals surface area (Å²) in [6, 6.07) is 16.6. The Morgan fingerprint density at radius 3 is 2.58 bits per heavy atom. The number of fused-ring (bicyclic) bond motifs is 1. The number of hydrogen-bond donors (Lipinski definition) is 2. The van der Waals surface area contributed by atoms with Crippen LogP contribution in [0.2, 0.25) is 0 Å². The average Bonchev–Trinajstić information content (AvgIpc) is 3.29. The summed E-state index contributed by atoms with van der Waals surface area (Å²) in [5, 5.41) is 15.4. The first-order valence-electron chi connectivity index (χ1n) is 13.0. The number of rotatable bonds is 6. The molecule has 1 saturated carbocycles. The Morgan fingerprint density at radius 2 is 1.80 bits per heavy atom. The lowest BCUT2D eigenvalue weighted by Crippen LogP contribution is -2.36. The van der Waals surface area contributed by atoms with Gasteiger partial charge in [0.25, 0.3) is 17.7 Å². The topological polar surface area (TPSA) is 105 Å². The number of ether oxygens (including phenoxy) is 1. The van der Waals surface area contributed by atoms with E-state index in [9.17, 15) is 13.6 Å². The van der Waals surface area contributed by atoms with Crippen LogP contribution in [0.15, 0.2) is 65.1 Å². The van der Waals surface area contributed by atoms with Crippen molar-refractivity contribution < 1.29 is 22.7 Å². The number of nitrogens with one attached hydrogen (secondary N) is 2. The maximum absolute atomic E-state index is 13.9. The van der Waals surface area contributed by atoms with Gasteiger partial charge in [0.05, 0.1) is 19.1 Å². The van der Waals surface area contributed by atoms with Gasteiger partial charge in [-0.05, 0) is 23.3 Å². The molecule has 1 unspecified atom stereocenters. The molecule has 1 amide bonds. The number of hydrogen-bond acceptors (Lipinski definition) is 9. The first-order valence-corrected chi connectivity index (χ1v) is 13.8. The molecule has 3 aliphatic rings. The summed E-state index contributed by atoms with van der Waals surface area (Å²) in [6.45, 7) is 2.26. The first-order chi connectivity index (χ1) is 19.5. The third kappa shape index (κ3) is 4.62. The van der Waals surface area contributed by atoms with Gasteiger partial charge in [0, 0.05) is 30.8 Å². The van der Waals surface area contributed by atoms with E-state index >= 15 is 0 Å². The summed E-state index contributed by atoms with van der Waals surface area (Å²) in [4.78, 5) is 19.8. The van der Waals surface area contributed by atoms with Gasteiger partial charge in [0.1, 0.15) is 16.1 Å². The highest BCUT2D eigenvalue weighted by molar-refractivity contribution is 7.16. The fourth-order valence-corrected chi connectivity index (χ4v) is 6.21. The van der Waals surface area contributed by atoms with Crippen molar-refractivity contribution in [2.75, 3.05) is 41.8 Å². The molecule has 1 aliphatic carbocycles. The Morgan fingerprint density at radius 1 is 1.05 bits per heavy atom. The van der Waals surface area contributed by atoms with Gasteiger partial charge in [0.2, 0.25) is 0 Å². The Balaban J connectivity index is 1.21. The number of nitrogens with zero attached hydrogens (tertiary/aromatic N) is 4. The molecule has 1 saturated heterocycles. The van der Waals surface area contributed by atoms with Crippen molar-refractivity contribution in [1.82, 2.24) is 15.2 Å². The Labute approximate surface area is 231 Å². The molecular weight excluding hydrogens is 538 g/mol. The summed E-state index contributed by atoms with van der Waals surface area (Å²) >= 11 is 1.23. The summed E-state index contributed by atoms with van der Waals surface area (Å²) in [5.41, 5.74) is 3.77. The zero-order valence-electron chi connectivity index (χ0n) is 21.1. The maximum Gasteiger partial charge on any atom is 0.316 e. The highest BCUT2D eigenvalue weighted by atomic mass is 32.1. The van der Waals surface area contributed by atoms with Gasteiger partial charge in [-0.1, -0.05) is 53.6 Å². The minimum Gasteiger partial charge on any atom is -0.402 e. The quantitative estimate of drug-likeness (QED) is 0.338. The molecule has 204 valence electrons. The molecule has 0 spiro atoms. The van der Waals surface area contributed by atoms with Crippen LogP contribution in [0.5, 0.6) is 0 Å². The predicted octanol–water partition coefficient (Wildman–Crippen LogP) is 5.02. The number of halogens is 2. The molecule has 0 radical (unpaired) electrons. The zero-order valence-corrected chi connectivity index (χ0v) is 22.0. The predicted molar refractivity (Wildman–Crippen MR) is 147 cm³/mol. The standard InChI is InChI=1S/C28H24F2N6O3S/c29-28(30)15-19(28)25-33-22(26(40-25)36-10-12-38-13-11-36)24-34-35-27(39-24)32-21-14-18(16-6-2-1-3-7-16)17-8-4-5-9-20(17)31-23(21)37/h1-9,14,19,21H,10-13,15H2,(H,31,37)(H,32,35)/t19?,21-/m0/s1. The number of aromatic nitrogens is 3. The van der Waals surface area contributed by atoms with Crippen molar-refractivity contribution in [2.45, 2.75) is 24.3 Å². The molecule has 0 bridgehead atoms. The number of morpholine rings is 1. The lowest BCUT2D eigenvalue weighted by molar-refractivity contribution is -0.116. The molecule has 9 nitrogen and oxygen atoms in total. The average molecular weight is 563 g/mol. The number of alkyl halides is 2. The molecular formula is C28H24F2N6O3S. The van der Waals surface area contributed by atoms with Gasteiger partial charge in [0.15, 0.2) is 5.69 Å². The van der Waals surface area contributed by atoms with E-state index in [-0.39, 0.29) is 24.2 Å². The van der Waals surface area contributed by atoms with Crippen LogP contribution < -0.4 is 15.5 Å². The number of benzene rings is 2. The lowest BCUT2D eigenvalue weighted by atomic mass is 9.96. The summed E-state index contributed by atoms with van der Waals surface area (Å²) in [5.74, 6) is -3.84. The molecule has 2 N–H and O–H groups in total. The second-order valence-corrected chi connectivity index (χ2v) is 10.8. The molecule has 2 aliphatic heterocycles. The summed E-state index contributed by atoms with van der Waals surface area (Å²) in [7, 11) is 0. The molecule has 4 aromatic rings. The van der Waals surface area contributed by atoms with Crippen molar-refractivity contribution in [2.24, 2.45) is 0 Å². The number of para-hydroxylation sites is 1. The van der Waals surface area contributed by atoms with Gasteiger partial charge in [-0.15, -0.1) is 16.4 Å². The number of anilines is 3. The second-order valence-electron chi connectivity index (χ2n) is 9.84. The molecule has 40 heavy (non-hydrogen) atoms. The van der Waals surface area contributed by atoms with Crippen molar-refractivity contribution in [3.63, 3.8) is 0 Å². The van der Waals surface area contributed by atoms with Gasteiger partial charge in [-0.2, -0.15) is 0 Å². The van der Waals surface area contributed by atoms with Crippen LogP contribution in [0.4, 0.5) is 25.5 Å². The summed E-state index contributed by atoms with van der Waals surface area (Å²) < 4.78 is 39.2. The van der Waals surface area contributed by atoms with Gasteiger partial charge >= 0.3 is 6.01 Å². The largest absolute Gasteiger partial charge is 0.402 e. The van der Waals surface area contributed by atoms with Gasteiger partial charge < -0.3 is 24.7 Å². The molecule has 7 rings (SSSR count). The van der Waals surface area contributed by atoms with E-state index in [1.54, 1.807) is 0 Å². The van der Waals surface area contributed by atoms with Crippen molar-refractivity contribution in [1.29, 1.82) is 0 Å². The minimum atomic E-state index is -2.74. The SMILES string of the molecule is O=C1Nc2ccccc2C(c2ccccc2)=C[C@@H]1Nc1nnc(-c2nc(C3CC3(F)F)sc2N2CCOCC2)o1. The molecule has 4 heterocycles. The van der Waals surface area contributed by atoms with E-state index in [0.717, 1.165) is 16.7 Å². The van der Waals surface area contributed by atoms with E-state index in [1.165, 1.54) is 11.3 Å². The molecule has 2 aromatic carbocycles. The second kappa shape index (κ2) is 9.79. The van der Waals surface area contributed by atoms with Crippen LogP contribution in [0.3, 0.4) is 0 Å². The molecule has 2 fully saturated rings. The maximum atomic E-state index is 13.9. The monoisotopic (exact) mass is 562 g/mol. The lowest BCUT2D eigenvalue weighted by Gasteiger charge is -2.27. The Kier molecular flexibility index (Phi) is 6.08. The van der Waals surface area contributed by atoms with Crippen molar-refractivity contribution >= 4 is 39.5 Å². The fourth-order valence-electron chi connectivity index (χ4n) is 4.94. The van der Waals surface area contributed by atoms with Crippen LogP contribution in [0.1, 0.15) is 28.5 Å². The first kappa shape index (κ1) is 24.9. The number of carbonyl (C=O) groups is 1. The van der Waals surface area contributed by atoms with Crippen LogP contribution in [0, 0.1) is 0 Å². The van der Waals surface area contributed by atoms with E-state index in [2.05, 4.69) is 25.8 Å². The van der Waals surface area contributed by atoms with Crippen molar-refractivity contribution in [3.8, 4) is 11.6 Å². The van der Waals surface area contributed by atoms with Gasteiger partial charge in [-0.25, -0.2) is 13.8 Å². The number of amides is 1. The smallest absolute Gasteiger partial charge is 0.316 e. The van der Waals surface area contributed by atoms with E-state index in [0.29, 0.717) is 47.7 Å². The van der Waals surface area contributed by atoms with Crippen molar-refractivity contribution in [3.05, 3.63) is 76.8 Å². The van der Waals surface area contributed by atoms with E-state index in [1.807, 2.05) is 65.6 Å². The fraction of sp³-hybridized carbons (Fsp3) is 0.286. The summed E-state index contributed by atoms with van der Waals surface area (Å²) in [6.07, 6.45) is 1.62. The highest BCUT2D eigenvalue weighted by Gasteiger charge is 2.59. The molecule has 2 aromatic heterocycles. The molecule has 12 heteroatoms. The molecule has 2 atom stereocenters. The third-order valence-electron chi connectivity index (χ3n) is 7.13. The van der Waals surface area contributed by atoms with Crippen LogP contribution in [-0.2, 0) is 9.53 Å². The van der Waals surface area contributed by atoms with Crippen LogP contribution in [-0.4, -0.2) is 59.4 Å². The van der Waals surface area contributed by atoms with Gasteiger partial charge in [-0.3, -0.25) is 4.79 Å². The third-order valence-corrected chi connectivity index (χ3v) is 8.36. The van der Waals surface area contributed by atoms with E-state index in [4.69, 9.17) is 9.15 Å². The normalized spacial score (nSPS) is 21.7. The minimum absolute atomic E-state index is 0.0176. The Hall–Kier alpha value is -4.16. The van der Waals surface area contributed by atoms with E-state index < -0.39 is 17.9 Å². The zero-order chi connectivity index (χ0) is 27.3. The highest BCUT2D eigenvalue weighted by Crippen LogP contribution is 2.58. The number of thiazole rings is 1. The Bertz CT molecular complexity index is 1600. The number of carbonyl (C=O) groups excluding carboxylic acids is 1. The van der Waals surface area contributed by atoms with Crippen LogP contribution in [0.25, 0.3) is 17.2 Å².